The van der Waals surface area contributed by atoms with Crippen LogP contribution >= 0.6 is 0 Å². The minimum Gasteiger partial charge on any atom is -0.508 e. The van der Waals surface area contributed by atoms with Gasteiger partial charge in [-0.15, -0.1) is 0 Å². The van der Waals surface area contributed by atoms with Gasteiger partial charge in [0.15, 0.2) is 0 Å². The molecule has 34 heavy (non-hydrogen) atoms. The minimum atomic E-state index is -0.255. The van der Waals surface area contributed by atoms with Gasteiger partial charge in [0.2, 0.25) is 0 Å². The zero-order valence-corrected chi connectivity index (χ0v) is 19.3. The molecule has 2 heterocycles. The smallest absolute Gasteiger partial charge is 0.139 e. The maximum atomic E-state index is 10.5. The third-order valence-electron chi connectivity index (χ3n) is 6.70. The summed E-state index contributed by atoms with van der Waals surface area (Å²) in [7, 11) is 0. The highest BCUT2D eigenvalue weighted by Gasteiger charge is 2.25. The molecule has 1 aliphatic rings. The van der Waals surface area contributed by atoms with E-state index in [0.29, 0.717) is 12.4 Å². The van der Waals surface area contributed by atoms with Crippen molar-refractivity contribution < 1.29 is 19.4 Å². The highest BCUT2D eigenvalue weighted by Crippen LogP contribution is 2.41. The van der Waals surface area contributed by atoms with Crippen LogP contribution in [0.3, 0.4) is 0 Å². The Hall–Kier alpha value is -3.28. The lowest BCUT2D eigenvalue weighted by Crippen LogP contribution is -2.33. The van der Waals surface area contributed by atoms with E-state index in [2.05, 4.69) is 4.90 Å². The van der Waals surface area contributed by atoms with Gasteiger partial charge in [0.1, 0.15) is 29.4 Å². The second-order valence-electron chi connectivity index (χ2n) is 8.94. The van der Waals surface area contributed by atoms with Crippen LogP contribution in [-0.4, -0.2) is 48.0 Å². The van der Waals surface area contributed by atoms with Crippen molar-refractivity contribution in [2.45, 2.75) is 25.2 Å². The van der Waals surface area contributed by atoms with Crippen molar-refractivity contribution in [3.8, 4) is 22.8 Å². The summed E-state index contributed by atoms with van der Waals surface area (Å²) in [6.07, 6.45) is 3.91. The van der Waals surface area contributed by atoms with E-state index in [1.165, 1.54) is 32.4 Å². The molecule has 0 amide bonds. The third-order valence-corrected chi connectivity index (χ3v) is 6.70. The Bertz CT molecular complexity index is 1210. The number of likely N-dealkylation sites (tertiary alicyclic amines) is 1. The molecule has 2 N–H and O–H groups in total. The molecule has 4 aromatic rings. The van der Waals surface area contributed by atoms with Crippen LogP contribution in [-0.2, 0) is 0 Å². The molecule has 1 fully saturated rings. The van der Waals surface area contributed by atoms with Crippen molar-refractivity contribution in [2.75, 3.05) is 32.8 Å². The first kappa shape index (κ1) is 22.5. The molecule has 0 saturated carbocycles. The Kier molecular flexibility index (Phi) is 6.84. The SMILES string of the molecule is OCC(c1ccc(OCCN2CCCCC2)cc1)c1c(-c2ccc(O)cc2)oc2ccccc12. The number of benzene rings is 3. The fraction of sp³-hybridized carbons (Fsp3) is 0.310. The number of hydrogen-bond acceptors (Lipinski definition) is 5. The molecule has 1 atom stereocenters. The number of phenols is 1. The van der Waals surface area contributed by atoms with E-state index in [1.54, 1.807) is 12.1 Å². The van der Waals surface area contributed by atoms with Gasteiger partial charge in [-0.05, 0) is 74.0 Å². The summed E-state index contributed by atoms with van der Waals surface area (Å²) in [5.41, 5.74) is 3.58. The molecule has 1 aliphatic heterocycles. The predicted molar refractivity (Wildman–Crippen MR) is 134 cm³/mol. The lowest BCUT2D eigenvalue weighted by atomic mass is 9.88. The largest absolute Gasteiger partial charge is 0.508 e. The summed E-state index contributed by atoms with van der Waals surface area (Å²) < 4.78 is 12.2. The van der Waals surface area contributed by atoms with Crippen molar-refractivity contribution in [3.63, 3.8) is 0 Å². The van der Waals surface area contributed by atoms with E-state index in [4.69, 9.17) is 9.15 Å². The molecule has 5 heteroatoms. The number of fused-ring (bicyclic) bond motifs is 1. The summed E-state index contributed by atoms with van der Waals surface area (Å²) in [6, 6.07) is 22.9. The van der Waals surface area contributed by atoms with E-state index < -0.39 is 0 Å². The van der Waals surface area contributed by atoms with Crippen molar-refractivity contribution in [1.29, 1.82) is 0 Å². The van der Waals surface area contributed by atoms with Crippen LogP contribution in [0.1, 0.15) is 36.3 Å². The molecule has 5 rings (SSSR count). The number of aromatic hydroxyl groups is 1. The number of nitrogens with zero attached hydrogens (tertiary/aromatic N) is 1. The molecule has 0 radical (unpaired) electrons. The van der Waals surface area contributed by atoms with E-state index in [0.717, 1.165) is 40.0 Å². The van der Waals surface area contributed by atoms with Crippen LogP contribution in [0.4, 0.5) is 0 Å². The van der Waals surface area contributed by atoms with E-state index in [1.807, 2.05) is 60.7 Å². The highest BCUT2D eigenvalue weighted by molar-refractivity contribution is 5.89. The Balaban J connectivity index is 1.39. The van der Waals surface area contributed by atoms with Crippen molar-refractivity contribution in [3.05, 3.63) is 83.9 Å². The van der Waals surface area contributed by atoms with Crippen LogP contribution in [0.15, 0.2) is 77.2 Å². The van der Waals surface area contributed by atoms with Crippen molar-refractivity contribution in [2.24, 2.45) is 0 Å². The van der Waals surface area contributed by atoms with E-state index in [9.17, 15) is 10.2 Å². The Morgan fingerprint density at radius 3 is 2.35 bits per heavy atom. The maximum Gasteiger partial charge on any atom is 0.139 e. The first-order chi connectivity index (χ1) is 16.7. The zero-order chi connectivity index (χ0) is 23.3. The molecule has 1 aromatic heterocycles. The summed E-state index contributed by atoms with van der Waals surface area (Å²) in [5.74, 6) is 1.50. The number of para-hydroxylation sites is 1. The Morgan fingerprint density at radius 2 is 1.62 bits per heavy atom. The second-order valence-corrected chi connectivity index (χ2v) is 8.94. The average Bonchev–Trinajstić information content (AvgIpc) is 3.26. The summed E-state index contributed by atoms with van der Waals surface area (Å²) in [5, 5.41) is 21.2. The molecule has 176 valence electrons. The fourth-order valence-electron chi connectivity index (χ4n) is 4.87. The lowest BCUT2D eigenvalue weighted by Gasteiger charge is -2.26. The number of hydrogen-bond donors (Lipinski definition) is 2. The summed E-state index contributed by atoms with van der Waals surface area (Å²) >= 11 is 0. The zero-order valence-electron chi connectivity index (χ0n) is 19.3. The highest BCUT2D eigenvalue weighted by atomic mass is 16.5. The van der Waals surface area contributed by atoms with Crippen LogP contribution < -0.4 is 4.74 Å². The number of piperidine rings is 1. The summed E-state index contributed by atoms with van der Waals surface area (Å²) in [6.45, 7) is 3.92. The molecular formula is C29H31NO4. The number of furan rings is 1. The van der Waals surface area contributed by atoms with Gasteiger partial charge < -0.3 is 19.4 Å². The maximum absolute atomic E-state index is 10.5. The molecule has 0 aliphatic carbocycles. The van der Waals surface area contributed by atoms with Gasteiger partial charge in [0.05, 0.1) is 6.61 Å². The molecule has 0 bridgehead atoms. The number of aliphatic hydroxyl groups excluding tert-OH is 1. The first-order valence-electron chi connectivity index (χ1n) is 12.1. The Morgan fingerprint density at radius 1 is 0.882 bits per heavy atom. The molecule has 0 spiro atoms. The minimum absolute atomic E-state index is 0.0518. The second kappa shape index (κ2) is 10.3. The molecule has 1 saturated heterocycles. The van der Waals surface area contributed by atoms with Crippen molar-refractivity contribution >= 4 is 11.0 Å². The van der Waals surface area contributed by atoms with Gasteiger partial charge >= 0.3 is 0 Å². The van der Waals surface area contributed by atoms with Gasteiger partial charge in [-0.3, -0.25) is 4.90 Å². The van der Waals surface area contributed by atoms with Crippen molar-refractivity contribution in [1.82, 2.24) is 4.90 Å². The number of rotatable bonds is 8. The summed E-state index contributed by atoms with van der Waals surface area (Å²) in [4.78, 5) is 2.47. The van der Waals surface area contributed by atoms with E-state index >= 15 is 0 Å². The standard InChI is InChI=1S/C29H31NO4/c31-20-26(21-10-14-24(15-11-21)33-19-18-30-16-4-1-5-17-30)28-25-6-2-3-7-27(25)34-29(28)22-8-12-23(32)13-9-22/h2-3,6-15,26,31-32H,1,4-5,16-20H2. The topological polar surface area (TPSA) is 66.1 Å². The van der Waals surface area contributed by atoms with Crippen LogP contribution in [0.2, 0.25) is 0 Å². The van der Waals surface area contributed by atoms with Gasteiger partial charge in [-0.25, -0.2) is 0 Å². The van der Waals surface area contributed by atoms with Gasteiger partial charge in [-0.1, -0.05) is 36.8 Å². The van der Waals surface area contributed by atoms with Gasteiger partial charge in [-0.2, -0.15) is 0 Å². The number of ether oxygens (including phenoxy) is 1. The van der Waals surface area contributed by atoms with Crippen LogP contribution in [0, 0.1) is 0 Å². The normalized spacial score (nSPS) is 15.4. The van der Waals surface area contributed by atoms with Gasteiger partial charge in [0, 0.05) is 29.0 Å². The van der Waals surface area contributed by atoms with Crippen LogP contribution in [0.25, 0.3) is 22.3 Å². The predicted octanol–water partition coefficient (Wildman–Crippen LogP) is 5.79. The fourth-order valence-corrected chi connectivity index (χ4v) is 4.87. The monoisotopic (exact) mass is 457 g/mol. The molecular weight excluding hydrogens is 426 g/mol. The Labute approximate surface area is 200 Å². The molecule has 3 aromatic carbocycles. The van der Waals surface area contributed by atoms with Crippen LogP contribution in [0.5, 0.6) is 11.5 Å². The van der Waals surface area contributed by atoms with Gasteiger partial charge in [0.25, 0.3) is 0 Å². The first-order valence-corrected chi connectivity index (χ1v) is 12.1. The quantitative estimate of drug-likeness (QED) is 0.350. The third kappa shape index (κ3) is 4.81. The average molecular weight is 458 g/mol. The molecule has 1 unspecified atom stereocenters. The van der Waals surface area contributed by atoms with E-state index in [-0.39, 0.29) is 18.3 Å². The number of phenolic OH excluding ortho intramolecular Hbond substituents is 1. The number of aliphatic hydroxyl groups is 1. The molecule has 5 nitrogen and oxygen atoms in total. The lowest BCUT2D eigenvalue weighted by molar-refractivity contribution is 0.183.